The van der Waals surface area contributed by atoms with Crippen molar-refractivity contribution >= 4 is 22.9 Å². The summed E-state index contributed by atoms with van der Waals surface area (Å²) in [5, 5.41) is 1.81. The van der Waals surface area contributed by atoms with E-state index in [9.17, 15) is 4.79 Å². The van der Waals surface area contributed by atoms with E-state index >= 15 is 0 Å². The van der Waals surface area contributed by atoms with E-state index in [-0.39, 0.29) is 29.7 Å². The lowest BCUT2D eigenvalue weighted by Crippen LogP contribution is -2.48. The maximum atomic E-state index is 13.5. The number of likely N-dealkylation sites (tertiary alicyclic amines) is 1. The number of thiophene rings is 1. The summed E-state index contributed by atoms with van der Waals surface area (Å²) in [5.74, 6) is -0.314. The quantitative estimate of drug-likeness (QED) is 0.579. The molecule has 28 heavy (non-hydrogen) atoms. The topological polar surface area (TPSA) is 23.6 Å². The summed E-state index contributed by atoms with van der Waals surface area (Å²) in [7, 11) is 0. The monoisotopic (exact) mass is 395 g/mol. The highest BCUT2D eigenvalue weighted by Crippen LogP contribution is 2.27. The first-order chi connectivity index (χ1) is 15.9. The molecule has 3 nitrogen and oxygen atoms in total. The summed E-state index contributed by atoms with van der Waals surface area (Å²) < 4.78 is 40.9. The van der Waals surface area contributed by atoms with Gasteiger partial charge in [0.05, 0.1) is 11.7 Å². The molecule has 1 aromatic heterocycles. The van der Waals surface area contributed by atoms with Crippen molar-refractivity contribution in [3.63, 3.8) is 0 Å². The van der Waals surface area contributed by atoms with Crippen LogP contribution in [-0.2, 0) is 6.42 Å². The Morgan fingerprint density at radius 3 is 2.50 bits per heavy atom. The minimum Gasteiger partial charge on any atom is -0.305 e. The minimum absolute atomic E-state index is 0.0258. The molecule has 0 spiro atoms. The first kappa shape index (κ1) is 13.7. The molecule has 0 saturated carbocycles. The van der Waals surface area contributed by atoms with Crippen LogP contribution in [0.5, 0.6) is 0 Å². The number of benzene rings is 2. The van der Waals surface area contributed by atoms with E-state index in [1.54, 1.807) is 17.5 Å². The van der Waals surface area contributed by atoms with Gasteiger partial charge in [-0.15, -0.1) is 11.3 Å². The van der Waals surface area contributed by atoms with Gasteiger partial charge < -0.3 is 9.80 Å². The lowest BCUT2D eigenvalue weighted by atomic mass is 10.0. The van der Waals surface area contributed by atoms with E-state index < -0.39 is 18.1 Å². The number of anilines is 1. The molecule has 0 N–H and O–H groups in total. The Kier molecular flexibility index (Phi) is 4.49. The predicted molar refractivity (Wildman–Crippen MR) is 117 cm³/mol. The molecular weight excluding hydrogens is 364 g/mol. The Hall–Kier alpha value is -2.43. The van der Waals surface area contributed by atoms with Crippen LogP contribution in [-0.4, -0.2) is 36.5 Å². The molecule has 4 heteroatoms. The molecule has 2 heterocycles. The van der Waals surface area contributed by atoms with Crippen molar-refractivity contribution < 1.29 is 11.6 Å². The van der Waals surface area contributed by atoms with Crippen LogP contribution in [0.15, 0.2) is 78.1 Å². The third kappa shape index (κ3) is 4.51. The Morgan fingerprint density at radius 1 is 1.07 bits per heavy atom. The van der Waals surface area contributed by atoms with Gasteiger partial charge in [-0.1, -0.05) is 54.5 Å². The van der Waals surface area contributed by atoms with Gasteiger partial charge in [0.2, 0.25) is 0 Å². The SMILES string of the molecule is [2H]c1c([2H])c([2H])c(N(C(=O)c2cccs2)C2CCN(CCc3ccccc3)CC2)c([2H])c1[2H]. The van der Waals surface area contributed by atoms with E-state index in [0.29, 0.717) is 17.7 Å². The second kappa shape index (κ2) is 9.18. The molecule has 4 rings (SSSR count). The zero-order valence-corrected chi connectivity index (χ0v) is 16.5. The number of carbonyl (C=O) groups excluding carboxylic acids is 1. The van der Waals surface area contributed by atoms with Gasteiger partial charge in [0.1, 0.15) is 0 Å². The van der Waals surface area contributed by atoms with Gasteiger partial charge in [0, 0.05) is 31.4 Å². The lowest BCUT2D eigenvalue weighted by Gasteiger charge is -2.38. The van der Waals surface area contributed by atoms with Crippen LogP contribution in [0.3, 0.4) is 0 Å². The lowest BCUT2D eigenvalue weighted by molar-refractivity contribution is 0.0964. The molecule has 1 fully saturated rings. The van der Waals surface area contributed by atoms with E-state index in [1.165, 1.54) is 21.8 Å². The van der Waals surface area contributed by atoms with Gasteiger partial charge >= 0.3 is 0 Å². The second-order valence-corrected chi connectivity index (χ2v) is 7.88. The molecule has 1 aliphatic heterocycles. The molecule has 0 bridgehead atoms. The van der Waals surface area contributed by atoms with Crippen molar-refractivity contribution in [2.45, 2.75) is 25.3 Å². The van der Waals surface area contributed by atoms with Crippen molar-refractivity contribution in [1.82, 2.24) is 4.90 Å². The van der Waals surface area contributed by atoms with Gasteiger partial charge in [-0.05, 0) is 48.4 Å². The van der Waals surface area contributed by atoms with Gasteiger partial charge in [-0.3, -0.25) is 4.79 Å². The van der Waals surface area contributed by atoms with Crippen LogP contribution < -0.4 is 4.90 Å². The minimum atomic E-state index is -0.451. The molecule has 0 unspecified atom stereocenters. The van der Waals surface area contributed by atoms with Crippen molar-refractivity contribution in [3.05, 3.63) is 88.5 Å². The molecular formula is C24H26N2OS. The van der Waals surface area contributed by atoms with Gasteiger partial charge in [-0.2, -0.15) is 0 Å². The number of para-hydroxylation sites is 1. The summed E-state index contributed by atoms with van der Waals surface area (Å²) in [6.45, 7) is 2.49. The smallest absolute Gasteiger partial charge is 0.268 e. The molecule has 1 saturated heterocycles. The summed E-state index contributed by atoms with van der Waals surface area (Å²) in [4.78, 5) is 17.8. The predicted octanol–water partition coefficient (Wildman–Crippen LogP) is 5.10. The zero-order valence-electron chi connectivity index (χ0n) is 20.6. The van der Waals surface area contributed by atoms with Crippen LogP contribution in [0, 0.1) is 0 Å². The summed E-state index contributed by atoms with van der Waals surface area (Å²) in [6.07, 6.45) is 2.30. The van der Waals surface area contributed by atoms with Gasteiger partial charge in [-0.25, -0.2) is 0 Å². The van der Waals surface area contributed by atoms with E-state index in [4.69, 9.17) is 6.85 Å². The van der Waals surface area contributed by atoms with Crippen LogP contribution >= 0.6 is 11.3 Å². The third-order valence-corrected chi connectivity index (χ3v) is 6.02. The number of nitrogens with zero attached hydrogens (tertiary/aromatic N) is 2. The highest BCUT2D eigenvalue weighted by molar-refractivity contribution is 7.12. The maximum absolute atomic E-state index is 13.5. The number of rotatable bonds is 6. The fourth-order valence-electron chi connectivity index (χ4n) is 3.67. The Bertz CT molecular complexity index is 1090. The average molecular weight is 396 g/mol. The number of amides is 1. The van der Waals surface area contributed by atoms with Gasteiger partial charge in [0.15, 0.2) is 0 Å². The standard InChI is InChI=1S/C24H26N2OS/c27-24(23-12-7-19-28-23)26(21-10-5-2-6-11-21)22-14-17-25(18-15-22)16-13-20-8-3-1-4-9-20/h1-12,19,22H,13-18H2/i2D,5D,6D,10D,11D. The molecule has 2 aromatic carbocycles. The van der Waals surface area contributed by atoms with Crippen LogP contribution in [0.4, 0.5) is 5.69 Å². The Labute approximate surface area is 178 Å². The van der Waals surface area contributed by atoms with E-state index in [0.717, 1.165) is 26.1 Å². The van der Waals surface area contributed by atoms with Crippen molar-refractivity contribution in [2.24, 2.45) is 0 Å². The van der Waals surface area contributed by atoms with Crippen LogP contribution in [0.2, 0.25) is 0 Å². The number of piperidine rings is 1. The summed E-state index contributed by atoms with van der Waals surface area (Å²) in [5.41, 5.74) is 1.26. The molecule has 1 aliphatic rings. The molecule has 0 aliphatic carbocycles. The van der Waals surface area contributed by atoms with Gasteiger partial charge in [0.25, 0.3) is 5.91 Å². The molecule has 0 atom stereocenters. The molecule has 144 valence electrons. The first-order valence-corrected chi connectivity index (χ1v) is 10.5. The molecule has 3 aromatic rings. The summed E-state index contributed by atoms with van der Waals surface area (Å²) in [6, 6.07) is 11.6. The number of hydrogen-bond donors (Lipinski definition) is 0. The normalized spacial score (nSPS) is 17.9. The summed E-state index contributed by atoms with van der Waals surface area (Å²) >= 11 is 1.29. The zero-order chi connectivity index (χ0) is 23.5. The number of carbonyl (C=O) groups is 1. The first-order valence-electron chi connectivity index (χ1n) is 12.1. The third-order valence-electron chi connectivity index (χ3n) is 5.16. The van der Waals surface area contributed by atoms with Crippen molar-refractivity contribution in [1.29, 1.82) is 0 Å². The average Bonchev–Trinajstić information content (AvgIpc) is 3.39. The van der Waals surface area contributed by atoms with E-state index in [2.05, 4.69) is 17.0 Å². The Morgan fingerprint density at radius 2 is 1.82 bits per heavy atom. The second-order valence-electron chi connectivity index (χ2n) is 6.93. The highest BCUT2D eigenvalue weighted by atomic mass is 32.1. The largest absolute Gasteiger partial charge is 0.305 e. The van der Waals surface area contributed by atoms with E-state index in [1.807, 2.05) is 18.2 Å². The molecule has 1 amide bonds. The van der Waals surface area contributed by atoms with Crippen LogP contribution in [0.25, 0.3) is 0 Å². The highest BCUT2D eigenvalue weighted by Gasteiger charge is 2.30. The van der Waals surface area contributed by atoms with Crippen LogP contribution in [0.1, 0.15) is 34.9 Å². The molecule has 0 radical (unpaired) electrons. The fraction of sp³-hybridized carbons (Fsp3) is 0.292. The Balaban J connectivity index is 1.58. The fourth-order valence-corrected chi connectivity index (χ4v) is 4.33. The van der Waals surface area contributed by atoms with Crippen molar-refractivity contribution in [3.8, 4) is 0 Å². The number of hydrogen-bond acceptors (Lipinski definition) is 3. The maximum Gasteiger partial charge on any atom is 0.268 e. The van der Waals surface area contributed by atoms with Crippen molar-refractivity contribution in [2.75, 3.05) is 24.5 Å².